The number of fused-ring (bicyclic) bond motifs is 2. The molecule has 5 aromatic rings. The van der Waals surface area contributed by atoms with Crippen molar-refractivity contribution in [2.75, 3.05) is 31.1 Å². The minimum Gasteiger partial charge on any atom is -0.455 e. The molecule has 6 rings (SSSR count). The van der Waals surface area contributed by atoms with Gasteiger partial charge in [0, 0.05) is 43.5 Å². The molecule has 182 valence electrons. The Bertz CT molecular complexity index is 1570. The summed E-state index contributed by atoms with van der Waals surface area (Å²) < 4.78 is 20.5. The molecule has 3 aromatic carbocycles. The molecule has 0 unspecified atom stereocenters. The average Bonchev–Trinajstić information content (AvgIpc) is 3.47. The Morgan fingerprint density at radius 1 is 0.972 bits per heavy atom. The molecule has 1 saturated heterocycles. The van der Waals surface area contributed by atoms with Crippen LogP contribution in [0, 0.1) is 11.2 Å². The number of nitrogens with zero attached hydrogens (tertiary/aromatic N) is 3. The molecular weight excluding hydrogens is 459 g/mol. The largest absolute Gasteiger partial charge is 0.455 e. The highest BCUT2D eigenvalue weighted by molar-refractivity contribution is 5.97. The fourth-order valence-corrected chi connectivity index (χ4v) is 4.51. The first-order valence-electron chi connectivity index (χ1n) is 11.8. The topological polar surface area (TPSA) is 132 Å². The molecule has 0 aliphatic carbocycles. The third-order valence-corrected chi connectivity index (χ3v) is 6.29. The lowest BCUT2D eigenvalue weighted by molar-refractivity contribution is 0.481. The molecule has 0 atom stereocenters. The van der Waals surface area contributed by atoms with Crippen molar-refractivity contribution in [3.63, 3.8) is 0 Å². The van der Waals surface area contributed by atoms with Crippen LogP contribution in [0.5, 0.6) is 11.5 Å². The van der Waals surface area contributed by atoms with Crippen molar-refractivity contribution in [3.05, 3.63) is 77.6 Å². The van der Waals surface area contributed by atoms with Gasteiger partial charge in [-0.2, -0.15) is 0 Å². The van der Waals surface area contributed by atoms with Crippen LogP contribution in [0.25, 0.3) is 22.1 Å². The molecule has 0 bridgehead atoms. The van der Waals surface area contributed by atoms with Crippen LogP contribution >= 0.6 is 0 Å². The number of H-pyrrole nitrogens is 2. The molecule has 6 N–H and O–H groups in total. The second-order valence-electron chi connectivity index (χ2n) is 8.82. The zero-order valence-electron chi connectivity index (χ0n) is 19.4. The van der Waals surface area contributed by atoms with Crippen LogP contribution in [0.1, 0.15) is 17.2 Å². The van der Waals surface area contributed by atoms with Crippen LogP contribution in [0.4, 0.5) is 10.1 Å². The van der Waals surface area contributed by atoms with E-state index in [4.69, 9.17) is 15.9 Å². The molecule has 1 fully saturated rings. The molecule has 0 amide bonds. The summed E-state index contributed by atoms with van der Waals surface area (Å²) in [7, 11) is 0. The predicted molar refractivity (Wildman–Crippen MR) is 138 cm³/mol. The molecule has 3 heterocycles. The minimum atomic E-state index is -0.411. The zero-order valence-corrected chi connectivity index (χ0v) is 19.4. The van der Waals surface area contributed by atoms with Crippen molar-refractivity contribution in [2.45, 2.75) is 6.42 Å². The standard InChI is InChI=1S/C26H25FN8O/c27-16-12-21-25(22(13-16)36-18-4-2-17(3-5-18)35-9-7-30-8-10-35)34-24(33-21)14-23-31-19-6-1-15(26(28)29)11-20(19)32-23/h1-6,11-13,30H,7-10,14H2,(H3,28,29)(H,31,32)(H,33,34). The summed E-state index contributed by atoms with van der Waals surface area (Å²) in [6.45, 7) is 3.86. The van der Waals surface area contributed by atoms with Crippen LogP contribution < -0.4 is 20.7 Å². The third-order valence-electron chi connectivity index (χ3n) is 6.29. The maximum atomic E-state index is 14.4. The van der Waals surface area contributed by atoms with E-state index in [0.29, 0.717) is 46.2 Å². The van der Waals surface area contributed by atoms with E-state index in [-0.39, 0.29) is 5.84 Å². The third kappa shape index (κ3) is 4.34. The quantitative estimate of drug-likeness (QED) is 0.185. The van der Waals surface area contributed by atoms with Crippen LogP contribution in [-0.4, -0.2) is 52.0 Å². The summed E-state index contributed by atoms with van der Waals surface area (Å²) in [5, 5.41) is 11.0. The number of aromatic nitrogens is 4. The fraction of sp³-hybridized carbons (Fsp3) is 0.192. The van der Waals surface area contributed by atoms with Crippen molar-refractivity contribution in [2.24, 2.45) is 5.73 Å². The SMILES string of the molecule is N=C(N)c1ccc2nc(Cc3nc4c(Oc5ccc(N6CCNCC6)cc5)cc(F)cc4[nH]3)[nH]c2c1. The van der Waals surface area contributed by atoms with Gasteiger partial charge in [-0.15, -0.1) is 0 Å². The average molecular weight is 485 g/mol. The fourth-order valence-electron chi connectivity index (χ4n) is 4.51. The first-order valence-corrected chi connectivity index (χ1v) is 11.8. The molecule has 1 aliphatic heterocycles. The van der Waals surface area contributed by atoms with Crippen molar-refractivity contribution in [3.8, 4) is 11.5 Å². The van der Waals surface area contributed by atoms with Crippen LogP contribution in [0.15, 0.2) is 54.6 Å². The van der Waals surface area contributed by atoms with E-state index < -0.39 is 5.82 Å². The number of ether oxygens (including phenoxy) is 1. The maximum absolute atomic E-state index is 14.4. The van der Waals surface area contributed by atoms with Gasteiger partial charge < -0.3 is 30.7 Å². The zero-order chi connectivity index (χ0) is 24.6. The molecule has 36 heavy (non-hydrogen) atoms. The molecule has 9 nitrogen and oxygen atoms in total. The normalized spacial score (nSPS) is 14.0. The Labute approximate surface area is 206 Å². The van der Waals surface area contributed by atoms with Gasteiger partial charge in [-0.05, 0) is 48.5 Å². The van der Waals surface area contributed by atoms with Crippen LogP contribution in [0.2, 0.25) is 0 Å². The maximum Gasteiger partial charge on any atom is 0.158 e. The molecular formula is C26H25FN8O. The van der Waals surface area contributed by atoms with Crippen LogP contribution in [-0.2, 0) is 6.42 Å². The lowest BCUT2D eigenvalue weighted by Crippen LogP contribution is -2.43. The molecule has 0 saturated carbocycles. The minimum absolute atomic E-state index is 0.00155. The number of nitrogens with one attached hydrogen (secondary N) is 4. The van der Waals surface area contributed by atoms with E-state index in [0.717, 1.165) is 42.9 Å². The predicted octanol–water partition coefficient (Wildman–Crippen LogP) is 3.66. The Morgan fingerprint density at radius 3 is 2.50 bits per heavy atom. The number of imidazole rings is 2. The van der Waals surface area contributed by atoms with E-state index in [1.807, 2.05) is 30.3 Å². The Balaban J connectivity index is 1.25. The highest BCUT2D eigenvalue weighted by atomic mass is 19.1. The monoisotopic (exact) mass is 484 g/mol. The lowest BCUT2D eigenvalue weighted by atomic mass is 10.2. The van der Waals surface area contributed by atoms with Crippen molar-refractivity contribution >= 4 is 33.6 Å². The van der Waals surface area contributed by atoms with E-state index in [9.17, 15) is 4.39 Å². The molecule has 1 aliphatic rings. The Hall–Kier alpha value is -4.44. The van der Waals surface area contributed by atoms with Gasteiger partial charge in [-0.3, -0.25) is 5.41 Å². The Morgan fingerprint density at radius 2 is 1.72 bits per heavy atom. The van der Waals surface area contributed by atoms with Gasteiger partial charge in [0.2, 0.25) is 0 Å². The summed E-state index contributed by atoms with van der Waals surface area (Å²) >= 11 is 0. The molecule has 10 heteroatoms. The van der Waals surface area contributed by atoms with Gasteiger partial charge in [-0.1, -0.05) is 0 Å². The van der Waals surface area contributed by atoms with Gasteiger partial charge in [0.1, 0.15) is 34.6 Å². The van der Waals surface area contributed by atoms with Crippen molar-refractivity contribution in [1.29, 1.82) is 5.41 Å². The number of nitrogen functional groups attached to an aromatic ring is 1. The lowest BCUT2D eigenvalue weighted by Gasteiger charge is -2.29. The number of rotatable bonds is 6. The molecule has 0 spiro atoms. The van der Waals surface area contributed by atoms with Gasteiger partial charge in [-0.25, -0.2) is 14.4 Å². The van der Waals surface area contributed by atoms with Crippen LogP contribution in [0.3, 0.4) is 0 Å². The van der Waals surface area contributed by atoms with E-state index in [1.165, 1.54) is 12.1 Å². The summed E-state index contributed by atoms with van der Waals surface area (Å²) in [5.41, 5.74) is 10.0. The number of hydrogen-bond acceptors (Lipinski definition) is 6. The summed E-state index contributed by atoms with van der Waals surface area (Å²) in [6.07, 6.45) is 0.388. The highest BCUT2D eigenvalue weighted by Gasteiger charge is 2.15. The first-order chi connectivity index (χ1) is 17.5. The van der Waals surface area contributed by atoms with Gasteiger partial charge >= 0.3 is 0 Å². The Kier molecular flexibility index (Phi) is 5.49. The number of anilines is 1. The molecule has 0 radical (unpaired) electrons. The number of piperazine rings is 1. The van der Waals surface area contributed by atoms with Crippen molar-refractivity contribution in [1.82, 2.24) is 25.3 Å². The first kappa shape index (κ1) is 22.1. The van der Waals surface area contributed by atoms with Gasteiger partial charge in [0.05, 0.1) is 23.0 Å². The number of amidine groups is 1. The number of hydrogen-bond donors (Lipinski definition) is 5. The number of benzene rings is 3. The smallest absolute Gasteiger partial charge is 0.158 e. The van der Waals surface area contributed by atoms with E-state index >= 15 is 0 Å². The summed E-state index contributed by atoms with van der Waals surface area (Å²) in [4.78, 5) is 18.0. The second kappa shape index (κ2) is 8.97. The molecule has 2 aromatic heterocycles. The number of halogens is 1. The van der Waals surface area contributed by atoms with E-state index in [1.54, 1.807) is 12.1 Å². The van der Waals surface area contributed by atoms with E-state index in [2.05, 4.69) is 30.2 Å². The summed E-state index contributed by atoms with van der Waals surface area (Å²) in [6, 6.07) is 16.0. The van der Waals surface area contributed by atoms with Gasteiger partial charge in [0.15, 0.2) is 5.75 Å². The highest BCUT2D eigenvalue weighted by Crippen LogP contribution is 2.31. The summed E-state index contributed by atoms with van der Waals surface area (Å²) in [5.74, 6) is 1.86. The number of aromatic amines is 2. The number of nitrogens with two attached hydrogens (primary N) is 1. The van der Waals surface area contributed by atoms with Gasteiger partial charge in [0.25, 0.3) is 0 Å². The second-order valence-corrected chi connectivity index (χ2v) is 8.82. The van der Waals surface area contributed by atoms with Crippen molar-refractivity contribution < 1.29 is 9.13 Å².